The molecule has 0 aliphatic carbocycles. The maximum absolute atomic E-state index is 12.3. The molecule has 0 atom stereocenters. The molecule has 0 aliphatic rings. The molecule has 0 bridgehead atoms. The van der Waals surface area contributed by atoms with Crippen molar-refractivity contribution in [3.05, 3.63) is 58.9 Å². The Morgan fingerprint density at radius 2 is 2.17 bits per heavy atom. The van der Waals surface area contributed by atoms with Crippen LogP contribution in [0.3, 0.4) is 0 Å². The molecule has 0 saturated heterocycles. The number of aryl methyl sites for hydroxylation is 1. The van der Waals surface area contributed by atoms with Crippen LogP contribution >= 0.6 is 11.6 Å². The molecule has 0 fully saturated rings. The highest BCUT2D eigenvalue weighted by Crippen LogP contribution is 2.19. The summed E-state index contributed by atoms with van der Waals surface area (Å²) < 4.78 is 1.42. The third-order valence-electron chi connectivity index (χ3n) is 3.33. The van der Waals surface area contributed by atoms with E-state index in [1.54, 1.807) is 24.7 Å². The molecule has 8 nitrogen and oxygen atoms in total. The first-order chi connectivity index (χ1) is 11.6. The van der Waals surface area contributed by atoms with Crippen LogP contribution < -0.4 is 11.1 Å². The van der Waals surface area contributed by atoms with Gasteiger partial charge in [0.1, 0.15) is 0 Å². The lowest BCUT2D eigenvalue weighted by Crippen LogP contribution is -2.26. The summed E-state index contributed by atoms with van der Waals surface area (Å²) in [6, 6.07) is 5.46. The van der Waals surface area contributed by atoms with Crippen molar-refractivity contribution < 1.29 is 4.79 Å². The monoisotopic (exact) mass is 343 g/mol. The van der Waals surface area contributed by atoms with Crippen molar-refractivity contribution in [2.75, 3.05) is 5.73 Å². The highest BCUT2D eigenvalue weighted by atomic mass is 35.5. The summed E-state index contributed by atoms with van der Waals surface area (Å²) in [5.41, 5.74) is 7.55. The van der Waals surface area contributed by atoms with E-state index in [0.29, 0.717) is 0 Å². The fourth-order valence-electron chi connectivity index (χ4n) is 2.08. The van der Waals surface area contributed by atoms with Gasteiger partial charge in [0, 0.05) is 18.6 Å². The zero-order chi connectivity index (χ0) is 17.1. The predicted octanol–water partition coefficient (Wildman–Crippen LogP) is 1.53. The Labute approximate surface area is 142 Å². The number of anilines is 1. The van der Waals surface area contributed by atoms with E-state index in [1.807, 2.05) is 19.1 Å². The molecular formula is C15H14ClN7O. The van der Waals surface area contributed by atoms with Crippen LogP contribution in [0.2, 0.25) is 5.15 Å². The second kappa shape index (κ2) is 6.63. The Kier molecular flexibility index (Phi) is 4.39. The summed E-state index contributed by atoms with van der Waals surface area (Å²) in [5, 5.41) is 6.76. The van der Waals surface area contributed by atoms with Crippen molar-refractivity contribution in [1.29, 1.82) is 0 Å². The molecule has 1 amide bonds. The minimum Gasteiger partial charge on any atom is -0.382 e. The summed E-state index contributed by atoms with van der Waals surface area (Å²) in [7, 11) is 0. The van der Waals surface area contributed by atoms with Crippen molar-refractivity contribution in [2.45, 2.75) is 13.5 Å². The Balaban J connectivity index is 1.80. The van der Waals surface area contributed by atoms with Crippen molar-refractivity contribution >= 4 is 23.3 Å². The molecular weight excluding hydrogens is 330 g/mol. The third-order valence-corrected chi connectivity index (χ3v) is 3.59. The summed E-state index contributed by atoms with van der Waals surface area (Å²) in [6.45, 7) is 2.17. The van der Waals surface area contributed by atoms with Crippen LogP contribution in [-0.4, -0.2) is 30.6 Å². The molecule has 9 heteroatoms. The van der Waals surface area contributed by atoms with Gasteiger partial charge in [-0.2, -0.15) is 5.10 Å². The highest BCUT2D eigenvalue weighted by Gasteiger charge is 2.18. The average molecular weight is 344 g/mol. The number of nitrogens with zero attached hydrogens (tertiary/aromatic N) is 5. The normalized spacial score (nSPS) is 10.6. The van der Waals surface area contributed by atoms with Crippen LogP contribution in [0.15, 0.2) is 36.8 Å². The molecule has 0 aliphatic heterocycles. The van der Waals surface area contributed by atoms with E-state index in [0.717, 1.165) is 11.3 Å². The van der Waals surface area contributed by atoms with Crippen molar-refractivity contribution in [3.63, 3.8) is 0 Å². The first-order valence-electron chi connectivity index (χ1n) is 7.08. The maximum Gasteiger partial charge on any atom is 0.274 e. The number of hydrogen-bond donors (Lipinski definition) is 2. The average Bonchev–Trinajstić information content (AvgIpc) is 3.10. The highest BCUT2D eigenvalue weighted by molar-refractivity contribution is 6.31. The summed E-state index contributed by atoms with van der Waals surface area (Å²) in [6.07, 6.45) is 4.89. The van der Waals surface area contributed by atoms with Gasteiger partial charge in [-0.25, -0.2) is 14.6 Å². The van der Waals surface area contributed by atoms with Gasteiger partial charge < -0.3 is 11.1 Å². The molecule has 3 aromatic rings. The van der Waals surface area contributed by atoms with Crippen LogP contribution in [-0.2, 0) is 6.54 Å². The molecule has 3 aromatic heterocycles. The van der Waals surface area contributed by atoms with Gasteiger partial charge in [-0.05, 0) is 24.6 Å². The maximum atomic E-state index is 12.3. The largest absolute Gasteiger partial charge is 0.382 e. The van der Waals surface area contributed by atoms with Gasteiger partial charge in [-0.3, -0.25) is 9.78 Å². The first-order valence-corrected chi connectivity index (χ1v) is 7.46. The number of pyridine rings is 1. The van der Waals surface area contributed by atoms with Gasteiger partial charge in [0.15, 0.2) is 22.5 Å². The number of hydrogen-bond acceptors (Lipinski definition) is 6. The van der Waals surface area contributed by atoms with E-state index < -0.39 is 5.91 Å². The predicted molar refractivity (Wildman–Crippen MR) is 88.7 cm³/mol. The zero-order valence-electron chi connectivity index (χ0n) is 12.8. The number of nitrogens with one attached hydrogen (secondary N) is 1. The van der Waals surface area contributed by atoms with Gasteiger partial charge in [0.05, 0.1) is 12.2 Å². The summed E-state index contributed by atoms with van der Waals surface area (Å²) in [5.74, 6) is -0.240. The van der Waals surface area contributed by atoms with Crippen LogP contribution in [0, 0.1) is 6.92 Å². The SMILES string of the molecule is Cc1cccnc1CNC(=O)c1nc(Cl)c(-n2cccn2)nc1N. The molecule has 122 valence electrons. The minimum atomic E-state index is -0.473. The number of amides is 1. The Bertz CT molecular complexity index is 880. The van der Waals surface area contributed by atoms with E-state index in [1.165, 1.54) is 4.68 Å². The topological polar surface area (TPSA) is 112 Å². The number of nitrogen functional groups attached to an aromatic ring is 1. The van der Waals surface area contributed by atoms with Crippen LogP contribution in [0.4, 0.5) is 5.82 Å². The Morgan fingerprint density at radius 3 is 2.88 bits per heavy atom. The number of aromatic nitrogens is 5. The number of carbonyl (C=O) groups excluding carboxylic acids is 1. The molecule has 0 saturated carbocycles. The zero-order valence-corrected chi connectivity index (χ0v) is 13.5. The Hall–Kier alpha value is -3.00. The fourth-order valence-corrected chi connectivity index (χ4v) is 2.29. The van der Waals surface area contributed by atoms with E-state index in [-0.39, 0.29) is 29.0 Å². The quantitative estimate of drug-likeness (QED) is 0.743. The lowest BCUT2D eigenvalue weighted by Gasteiger charge is -2.10. The smallest absolute Gasteiger partial charge is 0.274 e. The van der Waals surface area contributed by atoms with Gasteiger partial charge in [0.25, 0.3) is 5.91 Å². The molecule has 0 spiro atoms. The molecule has 0 unspecified atom stereocenters. The molecule has 3 heterocycles. The summed E-state index contributed by atoms with van der Waals surface area (Å²) >= 11 is 6.10. The van der Waals surface area contributed by atoms with Crippen molar-refractivity contribution in [2.24, 2.45) is 0 Å². The standard InChI is InChI=1S/C15H14ClN7O/c1-9-4-2-5-18-10(9)8-19-15(24)11-13(17)22-14(12(16)21-11)23-7-3-6-20-23/h2-7H,8H2,1H3,(H2,17,22)(H,19,24). The van der Waals surface area contributed by atoms with Crippen LogP contribution in [0.1, 0.15) is 21.7 Å². The van der Waals surface area contributed by atoms with Crippen molar-refractivity contribution in [3.8, 4) is 5.82 Å². The number of nitrogens with two attached hydrogens (primary N) is 1. The molecule has 0 radical (unpaired) electrons. The van der Waals surface area contributed by atoms with Crippen LogP contribution in [0.5, 0.6) is 0 Å². The first kappa shape index (κ1) is 15.9. The van der Waals surface area contributed by atoms with E-state index in [4.69, 9.17) is 17.3 Å². The molecule has 3 N–H and O–H groups in total. The lowest BCUT2D eigenvalue weighted by molar-refractivity contribution is 0.0946. The van der Waals surface area contributed by atoms with E-state index in [2.05, 4.69) is 25.4 Å². The second-order valence-corrected chi connectivity index (χ2v) is 5.33. The van der Waals surface area contributed by atoms with Gasteiger partial charge in [-0.15, -0.1) is 0 Å². The number of halogens is 1. The lowest BCUT2D eigenvalue weighted by atomic mass is 10.2. The second-order valence-electron chi connectivity index (χ2n) is 4.97. The molecule has 3 rings (SSSR count). The van der Waals surface area contributed by atoms with Crippen LogP contribution in [0.25, 0.3) is 5.82 Å². The number of rotatable bonds is 4. The molecule has 0 aromatic carbocycles. The van der Waals surface area contributed by atoms with E-state index in [9.17, 15) is 4.79 Å². The third kappa shape index (κ3) is 3.18. The Morgan fingerprint density at radius 1 is 1.33 bits per heavy atom. The van der Waals surface area contributed by atoms with Crippen molar-refractivity contribution in [1.82, 2.24) is 30.0 Å². The van der Waals surface area contributed by atoms with Gasteiger partial charge >= 0.3 is 0 Å². The molecule has 24 heavy (non-hydrogen) atoms. The van der Waals surface area contributed by atoms with E-state index >= 15 is 0 Å². The number of carbonyl (C=O) groups is 1. The minimum absolute atomic E-state index is 0.0276. The van der Waals surface area contributed by atoms with Gasteiger partial charge in [-0.1, -0.05) is 17.7 Å². The fraction of sp³-hybridized carbons (Fsp3) is 0.133. The van der Waals surface area contributed by atoms with Gasteiger partial charge in [0.2, 0.25) is 0 Å². The summed E-state index contributed by atoms with van der Waals surface area (Å²) in [4.78, 5) is 24.7.